The van der Waals surface area contributed by atoms with Crippen LogP contribution in [0.5, 0.6) is 5.75 Å². The lowest BCUT2D eigenvalue weighted by atomic mass is 10.2. The number of nitro benzene ring substituents is 1. The topological polar surface area (TPSA) is 78.7 Å². The average Bonchev–Trinajstić information content (AvgIpc) is 2.47. The van der Waals surface area contributed by atoms with Crippen molar-refractivity contribution in [3.8, 4) is 5.75 Å². The van der Waals surface area contributed by atoms with E-state index in [0.717, 1.165) is 10.0 Å². The number of non-ortho nitro benzene ring substituents is 1. The average molecular weight is 352 g/mol. The number of ether oxygens (including phenoxy) is 2. The summed E-state index contributed by atoms with van der Waals surface area (Å²) in [5.74, 6) is 0.182. The van der Waals surface area contributed by atoms with Gasteiger partial charge in [-0.15, -0.1) is 0 Å². The number of hydrogen-bond donors (Lipinski definition) is 0. The Morgan fingerprint density at radius 2 is 1.71 bits per heavy atom. The van der Waals surface area contributed by atoms with E-state index >= 15 is 0 Å². The van der Waals surface area contributed by atoms with Gasteiger partial charge < -0.3 is 9.47 Å². The van der Waals surface area contributed by atoms with E-state index in [2.05, 4.69) is 15.9 Å². The number of benzene rings is 2. The van der Waals surface area contributed by atoms with Crippen LogP contribution < -0.4 is 4.74 Å². The SMILES string of the molecule is O=C(OCc1ccc(Br)cc1)Oc1ccc([N+](=O)[O-])cc1. The van der Waals surface area contributed by atoms with Crippen LogP contribution in [0.15, 0.2) is 53.0 Å². The van der Waals surface area contributed by atoms with Gasteiger partial charge in [0.15, 0.2) is 0 Å². The van der Waals surface area contributed by atoms with Crippen LogP contribution in [0.3, 0.4) is 0 Å². The Bertz CT molecular complexity index is 639. The Morgan fingerprint density at radius 3 is 2.29 bits per heavy atom. The van der Waals surface area contributed by atoms with Crippen molar-refractivity contribution in [2.45, 2.75) is 6.61 Å². The number of carbonyl (C=O) groups is 1. The van der Waals surface area contributed by atoms with Crippen LogP contribution >= 0.6 is 15.9 Å². The van der Waals surface area contributed by atoms with Crippen molar-refractivity contribution < 1.29 is 19.2 Å². The Labute approximate surface area is 128 Å². The lowest BCUT2D eigenvalue weighted by Crippen LogP contribution is -2.10. The molecule has 21 heavy (non-hydrogen) atoms. The minimum Gasteiger partial charge on any atom is -0.429 e. The van der Waals surface area contributed by atoms with Gasteiger partial charge >= 0.3 is 6.16 Å². The smallest absolute Gasteiger partial charge is 0.429 e. The maximum absolute atomic E-state index is 11.5. The fraction of sp³-hybridized carbons (Fsp3) is 0.0714. The zero-order valence-electron chi connectivity index (χ0n) is 10.7. The second-order valence-corrected chi connectivity index (χ2v) is 4.93. The van der Waals surface area contributed by atoms with Crippen LogP contribution in [0.1, 0.15) is 5.56 Å². The summed E-state index contributed by atoms with van der Waals surface area (Å²) in [5, 5.41) is 10.5. The van der Waals surface area contributed by atoms with Gasteiger partial charge in [-0.05, 0) is 29.8 Å². The van der Waals surface area contributed by atoms with Crippen LogP contribution in [0.4, 0.5) is 10.5 Å². The molecule has 0 atom stereocenters. The van der Waals surface area contributed by atoms with Crippen LogP contribution in [-0.2, 0) is 11.3 Å². The quantitative estimate of drug-likeness (QED) is 0.359. The van der Waals surface area contributed by atoms with E-state index in [1.54, 1.807) is 0 Å². The lowest BCUT2D eigenvalue weighted by Gasteiger charge is -2.06. The molecule has 0 aliphatic rings. The molecule has 0 aromatic heterocycles. The summed E-state index contributed by atoms with van der Waals surface area (Å²) in [6.07, 6.45) is -0.869. The summed E-state index contributed by atoms with van der Waals surface area (Å²) >= 11 is 3.31. The summed E-state index contributed by atoms with van der Waals surface area (Å²) in [7, 11) is 0. The molecule has 0 heterocycles. The highest BCUT2D eigenvalue weighted by atomic mass is 79.9. The van der Waals surface area contributed by atoms with Crippen molar-refractivity contribution in [2.75, 3.05) is 0 Å². The predicted molar refractivity (Wildman–Crippen MR) is 78.1 cm³/mol. The van der Waals surface area contributed by atoms with Gasteiger partial charge in [0.2, 0.25) is 0 Å². The molecule has 7 heteroatoms. The Balaban J connectivity index is 1.86. The molecule has 108 valence electrons. The number of nitro groups is 1. The highest BCUT2D eigenvalue weighted by molar-refractivity contribution is 9.10. The third-order valence-corrected chi connectivity index (χ3v) is 3.05. The van der Waals surface area contributed by atoms with Crippen molar-refractivity contribution >= 4 is 27.8 Å². The van der Waals surface area contributed by atoms with E-state index in [1.165, 1.54) is 24.3 Å². The fourth-order valence-corrected chi connectivity index (χ4v) is 1.75. The van der Waals surface area contributed by atoms with E-state index in [0.29, 0.717) is 0 Å². The van der Waals surface area contributed by atoms with E-state index in [4.69, 9.17) is 9.47 Å². The van der Waals surface area contributed by atoms with Gasteiger partial charge in [0, 0.05) is 16.6 Å². The Kier molecular flexibility index (Phi) is 4.89. The second kappa shape index (κ2) is 6.85. The molecule has 0 spiro atoms. The summed E-state index contributed by atoms with van der Waals surface area (Å²) in [6, 6.07) is 12.4. The van der Waals surface area contributed by atoms with Crippen molar-refractivity contribution in [1.82, 2.24) is 0 Å². The molecule has 0 bridgehead atoms. The fourth-order valence-electron chi connectivity index (χ4n) is 1.48. The highest BCUT2D eigenvalue weighted by Crippen LogP contribution is 2.18. The Morgan fingerprint density at radius 1 is 1.10 bits per heavy atom. The monoisotopic (exact) mass is 351 g/mol. The lowest BCUT2D eigenvalue weighted by molar-refractivity contribution is -0.384. The normalized spacial score (nSPS) is 9.95. The predicted octanol–water partition coefficient (Wildman–Crippen LogP) is 4.07. The molecule has 2 rings (SSSR count). The third-order valence-electron chi connectivity index (χ3n) is 2.52. The highest BCUT2D eigenvalue weighted by Gasteiger charge is 2.09. The van der Waals surface area contributed by atoms with E-state index in [-0.39, 0.29) is 18.0 Å². The van der Waals surface area contributed by atoms with Gasteiger partial charge in [0.1, 0.15) is 12.4 Å². The summed E-state index contributed by atoms with van der Waals surface area (Å²) in [6.45, 7) is 0.0824. The third kappa shape index (κ3) is 4.57. The van der Waals surface area contributed by atoms with Gasteiger partial charge in [-0.25, -0.2) is 4.79 Å². The van der Waals surface area contributed by atoms with Gasteiger partial charge in [-0.3, -0.25) is 10.1 Å². The van der Waals surface area contributed by atoms with Crippen molar-refractivity contribution in [1.29, 1.82) is 0 Å². The van der Waals surface area contributed by atoms with Gasteiger partial charge in [-0.2, -0.15) is 0 Å². The molecule has 6 nitrogen and oxygen atoms in total. The molecule has 0 amide bonds. The van der Waals surface area contributed by atoms with Crippen molar-refractivity contribution in [2.24, 2.45) is 0 Å². The molecule has 0 aliphatic heterocycles. The summed E-state index contributed by atoms with van der Waals surface area (Å²) in [5.41, 5.74) is 0.740. The second-order valence-electron chi connectivity index (χ2n) is 4.02. The number of carbonyl (C=O) groups excluding carboxylic acids is 1. The van der Waals surface area contributed by atoms with Crippen LogP contribution in [0, 0.1) is 10.1 Å². The molecule has 0 aliphatic carbocycles. The Hall–Kier alpha value is -2.41. The van der Waals surface area contributed by atoms with Gasteiger partial charge in [0.05, 0.1) is 4.92 Å². The molecule has 0 radical (unpaired) electrons. The largest absolute Gasteiger partial charge is 0.514 e. The van der Waals surface area contributed by atoms with Gasteiger partial charge in [0.25, 0.3) is 5.69 Å². The maximum Gasteiger partial charge on any atom is 0.514 e. The standard InChI is InChI=1S/C14H10BrNO5/c15-11-3-1-10(2-4-11)9-20-14(17)21-13-7-5-12(6-8-13)16(18)19/h1-8H,9H2. The van der Waals surface area contributed by atoms with E-state index < -0.39 is 11.1 Å². The van der Waals surface area contributed by atoms with Crippen LogP contribution in [0.25, 0.3) is 0 Å². The number of hydrogen-bond acceptors (Lipinski definition) is 5. The molecule has 0 N–H and O–H groups in total. The number of halogens is 1. The zero-order chi connectivity index (χ0) is 15.2. The first-order valence-electron chi connectivity index (χ1n) is 5.88. The van der Waals surface area contributed by atoms with E-state index in [1.807, 2.05) is 24.3 Å². The molecule has 0 fully saturated rings. The minimum atomic E-state index is -0.869. The number of rotatable bonds is 4. The molecule has 0 saturated heterocycles. The van der Waals surface area contributed by atoms with Gasteiger partial charge in [-0.1, -0.05) is 28.1 Å². The molecule has 0 saturated carbocycles. The van der Waals surface area contributed by atoms with Crippen molar-refractivity contribution in [3.63, 3.8) is 0 Å². The molecule has 0 unspecified atom stereocenters. The molecule has 2 aromatic carbocycles. The summed E-state index contributed by atoms with van der Waals surface area (Å²) in [4.78, 5) is 21.4. The first-order chi connectivity index (χ1) is 10.0. The zero-order valence-corrected chi connectivity index (χ0v) is 12.3. The summed E-state index contributed by atoms with van der Waals surface area (Å²) < 4.78 is 10.8. The first-order valence-corrected chi connectivity index (χ1v) is 6.67. The first kappa shape index (κ1) is 15.0. The molecular formula is C14H10BrNO5. The molecular weight excluding hydrogens is 342 g/mol. The van der Waals surface area contributed by atoms with E-state index in [9.17, 15) is 14.9 Å². The van der Waals surface area contributed by atoms with Crippen LogP contribution in [0.2, 0.25) is 0 Å². The maximum atomic E-state index is 11.5. The van der Waals surface area contributed by atoms with Crippen molar-refractivity contribution in [3.05, 3.63) is 68.7 Å². The minimum absolute atomic E-state index is 0.0782. The molecule has 2 aromatic rings. The van der Waals surface area contributed by atoms with Crippen LogP contribution in [-0.4, -0.2) is 11.1 Å². The number of nitrogens with zero attached hydrogens (tertiary/aromatic N) is 1.